The molecular weight excluding hydrogens is 516 g/mol. The number of carbonyl (C=O) groups excluding carboxylic acids is 2. The highest BCUT2D eigenvalue weighted by Crippen LogP contribution is 2.22. The molecule has 0 spiro atoms. The van der Waals surface area contributed by atoms with E-state index in [2.05, 4.69) is 15.5 Å². The monoisotopic (exact) mass is 551 g/mol. The molecule has 1 aromatic rings. The van der Waals surface area contributed by atoms with Gasteiger partial charge in [0, 0.05) is 49.9 Å². The number of ether oxygens (including phenoxy) is 1. The number of rotatable bonds is 15. The zero-order valence-electron chi connectivity index (χ0n) is 20.1. The lowest BCUT2D eigenvalue weighted by atomic mass is 9.99. The number of amides is 2. The van der Waals surface area contributed by atoms with E-state index in [1.165, 1.54) is 0 Å². The summed E-state index contributed by atoms with van der Waals surface area (Å²) in [5.41, 5.74) is 2.18. The molecule has 0 aromatic heterocycles. The molecule has 0 saturated carbocycles. The molecule has 36 heavy (non-hydrogen) atoms. The van der Waals surface area contributed by atoms with Crippen molar-refractivity contribution in [3.8, 4) is 0 Å². The van der Waals surface area contributed by atoms with E-state index in [9.17, 15) is 24.2 Å². The fraction of sp³-hybridized carbons (Fsp3) is 0.667. The van der Waals surface area contributed by atoms with E-state index in [4.69, 9.17) is 33.0 Å². The maximum atomic E-state index is 14.1. The minimum atomic E-state index is -2.03. The van der Waals surface area contributed by atoms with Crippen molar-refractivity contribution in [3.63, 3.8) is 0 Å². The Morgan fingerprint density at radius 1 is 1.00 bits per heavy atom. The van der Waals surface area contributed by atoms with E-state index < -0.39 is 43.2 Å². The van der Waals surface area contributed by atoms with Crippen molar-refractivity contribution in [2.45, 2.75) is 62.8 Å². The van der Waals surface area contributed by atoms with Crippen molar-refractivity contribution in [2.75, 3.05) is 42.9 Å². The lowest BCUT2D eigenvalue weighted by molar-refractivity contribution is -0.219. The highest BCUT2D eigenvalue weighted by atomic mass is 35.5. The van der Waals surface area contributed by atoms with Gasteiger partial charge in [0.25, 0.3) is 0 Å². The van der Waals surface area contributed by atoms with Crippen molar-refractivity contribution in [1.29, 1.82) is 0 Å². The lowest BCUT2D eigenvalue weighted by Gasteiger charge is -2.38. The average molecular weight is 552 g/mol. The number of halogens is 3. The summed E-state index contributed by atoms with van der Waals surface area (Å²) >= 11 is 11.7. The Labute approximate surface area is 220 Å². The van der Waals surface area contributed by atoms with E-state index in [0.717, 1.165) is 30.8 Å². The third-order valence-corrected chi connectivity index (χ3v) is 6.27. The summed E-state index contributed by atoms with van der Waals surface area (Å²) in [6.07, 6.45) is -5.95. The van der Waals surface area contributed by atoms with Gasteiger partial charge in [0.2, 0.25) is 11.8 Å². The Morgan fingerprint density at radius 2 is 1.64 bits per heavy atom. The van der Waals surface area contributed by atoms with Crippen LogP contribution in [0, 0.1) is 0 Å². The Kier molecular flexibility index (Phi) is 13.8. The number of anilines is 1. The van der Waals surface area contributed by atoms with Crippen LogP contribution < -0.4 is 15.5 Å². The number of hydrogen-bond donors (Lipinski definition) is 5. The van der Waals surface area contributed by atoms with E-state index in [-0.39, 0.29) is 18.9 Å². The van der Waals surface area contributed by atoms with Gasteiger partial charge >= 0.3 is 0 Å². The van der Waals surface area contributed by atoms with Crippen LogP contribution in [0.15, 0.2) is 24.3 Å². The van der Waals surface area contributed by atoms with Crippen LogP contribution in [0.3, 0.4) is 0 Å². The Balaban J connectivity index is 1.62. The van der Waals surface area contributed by atoms with Gasteiger partial charge in [-0.25, -0.2) is 4.39 Å². The molecule has 1 fully saturated rings. The molecule has 2 amide bonds. The van der Waals surface area contributed by atoms with Crippen LogP contribution in [0.25, 0.3) is 0 Å². The predicted molar refractivity (Wildman–Crippen MR) is 136 cm³/mol. The molecule has 12 heteroatoms. The van der Waals surface area contributed by atoms with E-state index >= 15 is 0 Å². The van der Waals surface area contributed by atoms with E-state index in [1.54, 1.807) is 0 Å². The third kappa shape index (κ3) is 9.64. The first-order valence-electron chi connectivity index (χ1n) is 12.1. The SMILES string of the molecule is O=C(CCCc1ccc(N(CCCl)CCCl)cc1)NCCCC(=O)N[C@@H]1O[C@H](CO)[C@@H](O)[C@H](O)[C@H]1F. The van der Waals surface area contributed by atoms with Crippen molar-refractivity contribution in [2.24, 2.45) is 0 Å². The molecule has 9 nitrogen and oxygen atoms in total. The maximum absolute atomic E-state index is 14.1. The van der Waals surface area contributed by atoms with Gasteiger partial charge in [-0.1, -0.05) is 12.1 Å². The van der Waals surface area contributed by atoms with Crippen LogP contribution in [0.2, 0.25) is 0 Å². The molecule has 1 aliphatic rings. The number of carbonyl (C=O) groups is 2. The van der Waals surface area contributed by atoms with Crippen molar-refractivity contribution < 1.29 is 34.0 Å². The first kappa shape index (κ1) is 30.5. The molecule has 0 unspecified atom stereocenters. The minimum Gasteiger partial charge on any atom is -0.394 e. The van der Waals surface area contributed by atoms with Crippen LogP contribution in [-0.4, -0.2) is 95.8 Å². The van der Waals surface area contributed by atoms with Gasteiger partial charge in [0.1, 0.15) is 18.3 Å². The summed E-state index contributed by atoms with van der Waals surface area (Å²) in [5.74, 6) is 0.387. The van der Waals surface area contributed by atoms with Crippen molar-refractivity contribution in [3.05, 3.63) is 29.8 Å². The molecule has 0 radical (unpaired) electrons. The van der Waals surface area contributed by atoms with Gasteiger partial charge in [-0.05, 0) is 37.0 Å². The average Bonchev–Trinajstić information content (AvgIpc) is 2.87. The maximum Gasteiger partial charge on any atom is 0.222 e. The van der Waals surface area contributed by atoms with E-state index in [1.807, 2.05) is 24.3 Å². The second-order valence-electron chi connectivity index (χ2n) is 8.61. The predicted octanol–water partition coefficient (Wildman–Crippen LogP) is 1.08. The Morgan fingerprint density at radius 3 is 2.25 bits per heavy atom. The van der Waals surface area contributed by atoms with Gasteiger partial charge in [-0.2, -0.15) is 0 Å². The molecule has 1 aromatic carbocycles. The lowest BCUT2D eigenvalue weighted by Crippen LogP contribution is -2.61. The fourth-order valence-electron chi connectivity index (χ4n) is 3.89. The van der Waals surface area contributed by atoms with Crippen molar-refractivity contribution >= 4 is 40.7 Å². The molecule has 204 valence electrons. The highest BCUT2D eigenvalue weighted by molar-refractivity contribution is 6.18. The summed E-state index contributed by atoms with van der Waals surface area (Å²) in [5, 5.41) is 33.6. The Bertz CT molecular complexity index is 799. The fourth-order valence-corrected chi connectivity index (χ4v) is 4.30. The standard InChI is InChI=1S/C24H36Cl2FN3O6/c25-10-13-30(14-11-26)17-8-6-16(7-9-17)3-1-4-19(32)28-12-2-5-20(33)29-24-21(27)23(35)22(34)18(15-31)36-24/h6-9,18,21-24,31,34-35H,1-5,10-15H2,(H,28,32)(H,29,33)/t18-,21-,22-,23-,24-/m1/s1. The molecule has 0 bridgehead atoms. The van der Waals surface area contributed by atoms with Crippen LogP contribution >= 0.6 is 23.2 Å². The zero-order chi connectivity index (χ0) is 26.5. The molecular formula is C24H36Cl2FN3O6. The number of aliphatic hydroxyl groups excluding tert-OH is 3. The highest BCUT2D eigenvalue weighted by Gasteiger charge is 2.45. The summed E-state index contributed by atoms with van der Waals surface area (Å²) in [6.45, 7) is 1.09. The van der Waals surface area contributed by atoms with Gasteiger partial charge in [-0.3, -0.25) is 9.59 Å². The van der Waals surface area contributed by atoms with Crippen LogP contribution in [0.5, 0.6) is 0 Å². The number of aryl methyl sites for hydroxylation is 1. The first-order valence-corrected chi connectivity index (χ1v) is 13.2. The van der Waals surface area contributed by atoms with Crippen LogP contribution in [0.1, 0.15) is 31.2 Å². The smallest absolute Gasteiger partial charge is 0.222 e. The molecule has 5 N–H and O–H groups in total. The summed E-state index contributed by atoms with van der Waals surface area (Å²) < 4.78 is 19.2. The summed E-state index contributed by atoms with van der Waals surface area (Å²) in [7, 11) is 0. The molecule has 1 heterocycles. The number of nitrogens with zero attached hydrogens (tertiary/aromatic N) is 1. The number of aliphatic hydroxyl groups is 3. The topological polar surface area (TPSA) is 131 Å². The zero-order valence-corrected chi connectivity index (χ0v) is 21.6. The molecule has 0 aliphatic carbocycles. The van der Waals surface area contributed by atoms with Gasteiger partial charge in [0.15, 0.2) is 12.4 Å². The molecule has 5 atom stereocenters. The van der Waals surface area contributed by atoms with Gasteiger partial charge < -0.3 is 35.6 Å². The second-order valence-corrected chi connectivity index (χ2v) is 9.37. The Hall–Kier alpha value is -1.69. The largest absolute Gasteiger partial charge is 0.394 e. The molecule has 2 rings (SSSR count). The number of nitrogens with one attached hydrogen (secondary N) is 2. The number of hydrogen-bond acceptors (Lipinski definition) is 7. The van der Waals surface area contributed by atoms with Crippen LogP contribution in [-0.2, 0) is 20.7 Å². The first-order chi connectivity index (χ1) is 17.3. The van der Waals surface area contributed by atoms with E-state index in [0.29, 0.717) is 31.0 Å². The minimum absolute atomic E-state index is 0.00606. The van der Waals surface area contributed by atoms with Crippen LogP contribution in [0.4, 0.5) is 10.1 Å². The molecule has 1 saturated heterocycles. The molecule has 1 aliphatic heterocycles. The number of alkyl halides is 3. The van der Waals surface area contributed by atoms with Gasteiger partial charge in [0.05, 0.1) is 6.61 Å². The van der Waals surface area contributed by atoms with Gasteiger partial charge in [-0.15, -0.1) is 23.2 Å². The van der Waals surface area contributed by atoms with Crippen molar-refractivity contribution in [1.82, 2.24) is 10.6 Å². The second kappa shape index (κ2) is 16.2. The third-order valence-electron chi connectivity index (χ3n) is 5.93. The summed E-state index contributed by atoms with van der Waals surface area (Å²) in [6, 6.07) is 8.11. The summed E-state index contributed by atoms with van der Waals surface area (Å²) in [4.78, 5) is 26.3. The number of benzene rings is 1. The normalized spacial score (nSPS) is 23.8. The quantitative estimate of drug-likeness (QED) is 0.163.